The third kappa shape index (κ3) is 3.77. The number of nitrogens with zero attached hydrogens (tertiary/aromatic N) is 4. The number of carbonyl (C=O) groups excluding carboxylic acids is 1. The maximum atomic E-state index is 11.8. The van der Waals surface area contributed by atoms with Crippen molar-refractivity contribution in [2.75, 3.05) is 10.2 Å². The summed E-state index contributed by atoms with van der Waals surface area (Å²) in [7, 11) is 0. The van der Waals surface area contributed by atoms with Crippen molar-refractivity contribution in [3.05, 3.63) is 97.0 Å². The van der Waals surface area contributed by atoms with E-state index in [1.165, 1.54) is 0 Å². The maximum Gasteiger partial charge on any atom is 0.300 e. The predicted octanol–water partition coefficient (Wildman–Crippen LogP) is 5.57. The van der Waals surface area contributed by atoms with Crippen molar-refractivity contribution in [3.8, 4) is 12.3 Å². The highest BCUT2D eigenvalue weighted by molar-refractivity contribution is 6.13. The molecule has 0 aliphatic rings. The van der Waals surface area contributed by atoms with Crippen LogP contribution in [-0.2, 0) is 11.3 Å². The van der Waals surface area contributed by atoms with Gasteiger partial charge in [-0.1, -0.05) is 54.6 Å². The molecule has 0 aliphatic heterocycles. The van der Waals surface area contributed by atoms with Crippen LogP contribution in [0, 0.1) is 12.3 Å². The molecule has 0 fully saturated rings. The molecule has 0 saturated carbocycles. The number of aromatic nitrogens is 4. The second-order valence-electron chi connectivity index (χ2n) is 8.37. The zero-order valence-electron chi connectivity index (χ0n) is 19.1. The first-order valence-electron chi connectivity index (χ1n) is 11.4. The van der Waals surface area contributed by atoms with Crippen molar-refractivity contribution in [1.82, 2.24) is 20.2 Å². The minimum Gasteiger partial charge on any atom is -0.321 e. The number of fused-ring (bicyclic) bond motifs is 4. The number of hydrogen-bond donors (Lipinski definition) is 2. The van der Waals surface area contributed by atoms with E-state index < -0.39 is 5.91 Å². The first kappa shape index (κ1) is 21.3. The Morgan fingerprint density at radius 1 is 0.917 bits per heavy atom. The molecule has 0 radical (unpaired) electrons. The summed E-state index contributed by atoms with van der Waals surface area (Å²) in [4.78, 5) is 23.2. The molecule has 0 saturated heterocycles. The lowest BCUT2D eigenvalue weighted by molar-refractivity contribution is -0.111. The monoisotopic (exact) mass is 468 g/mol. The van der Waals surface area contributed by atoms with Gasteiger partial charge in [0.1, 0.15) is 12.1 Å². The average Bonchev–Trinajstić information content (AvgIpc) is 3.41. The molecule has 0 aliphatic carbocycles. The van der Waals surface area contributed by atoms with Gasteiger partial charge in [0, 0.05) is 28.4 Å². The van der Waals surface area contributed by atoms with Gasteiger partial charge >= 0.3 is 0 Å². The SMILES string of the molecule is C#CC(=O)Nc1ccc2ncnc(N(Cc3ccccc3)c3cc4[nH]ncc4c4ccccc34)c2c1. The highest BCUT2D eigenvalue weighted by Crippen LogP contribution is 2.39. The van der Waals surface area contributed by atoms with E-state index >= 15 is 0 Å². The van der Waals surface area contributed by atoms with E-state index in [-0.39, 0.29) is 0 Å². The van der Waals surface area contributed by atoms with E-state index in [9.17, 15) is 4.79 Å². The molecule has 0 unspecified atom stereocenters. The molecule has 2 heterocycles. The first-order chi connectivity index (χ1) is 17.7. The number of amides is 1. The number of terminal acetylenes is 1. The van der Waals surface area contributed by atoms with Gasteiger partial charge in [-0.2, -0.15) is 5.10 Å². The third-order valence-corrected chi connectivity index (χ3v) is 6.18. The van der Waals surface area contributed by atoms with Crippen LogP contribution in [0.4, 0.5) is 17.2 Å². The van der Waals surface area contributed by atoms with Crippen LogP contribution in [0.15, 0.2) is 91.4 Å². The van der Waals surface area contributed by atoms with E-state index in [4.69, 9.17) is 11.4 Å². The molecular weight excluding hydrogens is 448 g/mol. The fourth-order valence-corrected chi connectivity index (χ4v) is 4.54. The molecule has 7 heteroatoms. The Balaban J connectivity index is 1.61. The van der Waals surface area contributed by atoms with Gasteiger partial charge in [0.25, 0.3) is 5.91 Å². The van der Waals surface area contributed by atoms with Crippen LogP contribution in [-0.4, -0.2) is 26.1 Å². The van der Waals surface area contributed by atoms with Crippen molar-refractivity contribution < 1.29 is 4.79 Å². The molecule has 2 aromatic heterocycles. The number of rotatable bonds is 5. The van der Waals surface area contributed by atoms with Gasteiger partial charge in [-0.25, -0.2) is 9.97 Å². The quantitative estimate of drug-likeness (QED) is 0.323. The van der Waals surface area contributed by atoms with Crippen LogP contribution in [0.1, 0.15) is 5.56 Å². The fraction of sp³-hybridized carbons (Fsp3) is 0.0345. The van der Waals surface area contributed by atoms with E-state index in [2.05, 4.69) is 61.7 Å². The van der Waals surface area contributed by atoms with Gasteiger partial charge < -0.3 is 10.2 Å². The summed E-state index contributed by atoms with van der Waals surface area (Å²) < 4.78 is 0. The lowest BCUT2D eigenvalue weighted by atomic mass is 10.0. The van der Waals surface area contributed by atoms with Crippen molar-refractivity contribution in [2.45, 2.75) is 6.54 Å². The molecule has 2 N–H and O–H groups in total. The Labute approximate surface area is 206 Å². The molecule has 0 spiro atoms. The van der Waals surface area contributed by atoms with Gasteiger partial charge in [0.15, 0.2) is 0 Å². The van der Waals surface area contributed by atoms with Crippen LogP contribution in [0.3, 0.4) is 0 Å². The molecule has 0 bridgehead atoms. The molecular formula is C29H20N6O. The fourth-order valence-electron chi connectivity index (χ4n) is 4.54. The van der Waals surface area contributed by atoms with E-state index in [1.54, 1.807) is 12.4 Å². The Morgan fingerprint density at radius 2 is 1.72 bits per heavy atom. The molecule has 172 valence electrons. The standard InChI is InChI=1S/C29H20N6O/c1-2-28(36)33-20-12-13-25-23(14-20)29(31-18-30-25)35(17-19-8-4-3-5-9-19)27-15-26-24(16-32-34-26)21-10-6-7-11-22(21)27/h1,3-16,18H,17H2,(H,32,34)(H,33,36). The summed E-state index contributed by atoms with van der Waals surface area (Å²) in [6.45, 7) is 0.567. The summed E-state index contributed by atoms with van der Waals surface area (Å²) in [5.41, 5.74) is 4.36. The van der Waals surface area contributed by atoms with Crippen LogP contribution >= 0.6 is 0 Å². The molecule has 6 aromatic rings. The zero-order chi connectivity index (χ0) is 24.5. The normalized spacial score (nSPS) is 11.0. The lowest BCUT2D eigenvalue weighted by Gasteiger charge is -2.27. The van der Waals surface area contributed by atoms with E-state index in [0.717, 1.165) is 43.8 Å². The van der Waals surface area contributed by atoms with Crippen LogP contribution in [0.5, 0.6) is 0 Å². The zero-order valence-corrected chi connectivity index (χ0v) is 19.1. The molecule has 1 amide bonds. The molecule has 7 nitrogen and oxygen atoms in total. The highest BCUT2D eigenvalue weighted by Gasteiger charge is 2.20. The van der Waals surface area contributed by atoms with E-state index in [0.29, 0.717) is 18.1 Å². The summed E-state index contributed by atoms with van der Waals surface area (Å²) in [6, 6.07) is 26.1. The summed E-state index contributed by atoms with van der Waals surface area (Å²) in [5.74, 6) is 2.29. The second-order valence-corrected chi connectivity index (χ2v) is 8.37. The molecule has 4 aromatic carbocycles. The second kappa shape index (κ2) is 8.85. The summed E-state index contributed by atoms with van der Waals surface area (Å²) in [6.07, 6.45) is 8.67. The number of carbonyl (C=O) groups is 1. The minimum atomic E-state index is -0.510. The van der Waals surface area contributed by atoms with Gasteiger partial charge in [0.05, 0.1) is 22.9 Å². The van der Waals surface area contributed by atoms with Gasteiger partial charge in [-0.3, -0.25) is 9.89 Å². The van der Waals surface area contributed by atoms with Crippen LogP contribution < -0.4 is 10.2 Å². The third-order valence-electron chi connectivity index (χ3n) is 6.18. The molecule has 36 heavy (non-hydrogen) atoms. The topological polar surface area (TPSA) is 86.8 Å². The maximum absolute atomic E-state index is 11.8. The van der Waals surface area contributed by atoms with Gasteiger partial charge in [-0.05, 0) is 41.1 Å². The van der Waals surface area contributed by atoms with E-state index in [1.807, 2.05) is 48.7 Å². The number of anilines is 3. The number of hydrogen-bond acceptors (Lipinski definition) is 5. The van der Waals surface area contributed by atoms with Crippen molar-refractivity contribution >= 4 is 55.7 Å². The summed E-state index contributed by atoms with van der Waals surface area (Å²) >= 11 is 0. The highest BCUT2D eigenvalue weighted by atomic mass is 16.1. The lowest BCUT2D eigenvalue weighted by Crippen LogP contribution is -2.19. The first-order valence-corrected chi connectivity index (χ1v) is 11.4. The largest absolute Gasteiger partial charge is 0.321 e. The Hall–Kier alpha value is -5.22. The number of aromatic amines is 1. The van der Waals surface area contributed by atoms with Crippen LogP contribution in [0.2, 0.25) is 0 Å². The molecule has 6 rings (SSSR count). The number of benzene rings is 4. The molecule has 0 atom stereocenters. The van der Waals surface area contributed by atoms with Gasteiger partial charge in [-0.15, -0.1) is 6.42 Å². The van der Waals surface area contributed by atoms with Crippen molar-refractivity contribution in [3.63, 3.8) is 0 Å². The Morgan fingerprint density at radius 3 is 2.56 bits per heavy atom. The Bertz CT molecular complexity index is 1780. The Kier molecular flexibility index (Phi) is 5.24. The van der Waals surface area contributed by atoms with Crippen LogP contribution in [0.25, 0.3) is 32.6 Å². The van der Waals surface area contributed by atoms with Crippen molar-refractivity contribution in [2.24, 2.45) is 0 Å². The smallest absolute Gasteiger partial charge is 0.300 e. The average molecular weight is 469 g/mol. The number of nitrogens with one attached hydrogen (secondary N) is 2. The minimum absolute atomic E-state index is 0.510. The summed E-state index contributed by atoms with van der Waals surface area (Å²) in [5, 5.41) is 14.1. The predicted molar refractivity (Wildman–Crippen MR) is 143 cm³/mol. The van der Waals surface area contributed by atoms with Crippen molar-refractivity contribution in [1.29, 1.82) is 0 Å². The van der Waals surface area contributed by atoms with Gasteiger partial charge in [0.2, 0.25) is 0 Å². The number of H-pyrrole nitrogens is 1.